The van der Waals surface area contributed by atoms with Gasteiger partial charge in [-0.1, -0.05) is 32.0 Å². The zero-order valence-corrected chi connectivity index (χ0v) is 10.5. The van der Waals surface area contributed by atoms with Crippen molar-refractivity contribution in [1.29, 1.82) is 0 Å². The van der Waals surface area contributed by atoms with Crippen LogP contribution >= 0.6 is 0 Å². The van der Waals surface area contributed by atoms with Crippen molar-refractivity contribution in [1.82, 2.24) is 10.0 Å². The number of hydrogen-bond donors (Lipinski definition) is 2. The molecule has 0 saturated carbocycles. The standard InChI is InChI=1S/C11H18N2O2S/c1-3-12-9-10-7-5-6-8-11(10)16(14,15)13-4-2/h5-8,12-13H,3-4,9H2,1-2H3. The van der Waals surface area contributed by atoms with Crippen molar-refractivity contribution in [2.75, 3.05) is 13.1 Å². The fourth-order valence-corrected chi connectivity index (χ4v) is 2.72. The van der Waals surface area contributed by atoms with Gasteiger partial charge >= 0.3 is 0 Å². The predicted molar refractivity (Wildman–Crippen MR) is 64.7 cm³/mol. The number of benzene rings is 1. The summed E-state index contributed by atoms with van der Waals surface area (Å²) in [6.07, 6.45) is 0. The van der Waals surface area contributed by atoms with Crippen LogP contribution in [0, 0.1) is 0 Å². The maximum atomic E-state index is 11.9. The van der Waals surface area contributed by atoms with Gasteiger partial charge in [0.05, 0.1) is 4.90 Å². The lowest BCUT2D eigenvalue weighted by Crippen LogP contribution is -2.25. The van der Waals surface area contributed by atoms with Crippen LogP contribution in [0.4, 0.5) is 0 Å². The first-order valence-electron chi connectivity index (χ1n) is 5.40. The van der Waals surface area contributed by atoms with Crippen LogP contribution in [0.3, 0.4) is 0 Å². The van der Waals surface area contributed by atoms with Gasteiger partial charge in [0, 0.05) is 13.1 Å². The molecule has 0 heterocycles. The largest absolute Gasteiger partial charge is 0.313 e. The maximum Gasteiger partial charge on any atom is 0.240 e. The Hall–Kier alpha value is -0.910. The second-order valence-corrected chi connectivity index (χ2v) is 5.12. The molecule has 0 aliphatic rings. The molecule has 0 unspecified atom stereocenters. The zero-order chi connectivity index (χ0) is 12.0. The molecular formula is C11H18N2O2S. The highest BCUT2D eigenvalue weighted by atomic mass is 32.2. The van der Waals surface area contributed by atoms with E-state index in [1.54, 1.807) is 19.1 Å². The molecular weight excluding hydrogens is 224 g/mol. The van der Waals surface area contributed by atoms with E-state index in [-0.39, 0.29) is 0 Å². The summed E-state index contributed by atoms with van der Waals surface area (Å²) >= 11 is 0. The van der Waals surface area contributed by atoms with Crippen molar-refractivity contribution in [3.05, 3.63) is 29.8 Å². The number of sulfonamides is 1. The number of nitrogens with one attached hydrogen (secondary N) is 2. The van der Waals surface area contributed by atoms with Gasteiger partial charge in [-0.15, -0.1) is 0 Å². The van der Waals surface area contributed by atoms with Gasteiger partial charge in [-0.3, -0.25) is 0 Å². The van der Waals surface area contributed by atoms with Crippen molar-refractivity contribution in [2.24, 2.45) is 0 Å². The normalized spacial score (nSPS) is 11.6. The van der Waals surface area contributed by atoms with Gasteiger partial charge in [0.15, 0.2) is 0 Å². The highest BCUT2D eigenvalue weighted by Gasteiger charge is 2.16. The summed E-state index contributed by atoms with van der Waals surface area (Å²) in [5.74, 6) is 0. The van der Waals surface area contributed by atoms with Crippen molar-refractivity contribution in [2.45, 2.75) is 25.3 Å². The van der Waals surface area contributed by atoms with Crippen LogP contribution in [-0.2, 0) is 16.6 Å². The minimum Gasteiger partial charge on any atom is -0.313 e. The smallest absolute Gasteiger partial charge is 0.240 e. The summed E-state index contributed by atoms with van der Waals surface area (Å²) in [5.41, 5.74) is 0.797. The Balaban J connectivity index is 3.03. The minimum atomic E-state index is -3.36. The molecule has 0 spiro atoms. The van der Waals surface area contributed by atoms with Crippen LogP contribution in [0.2, 0.25) is 0 Å². The molecule has 1 aromatic rings. The van der Waals surface area contributed by atoms with E-state index < -0.39 is 10.0 Å². The quantitative estimate of drug-likeness (QED) is 0.785. The molecule has 4 nitrogen and oxygen atoms in total. The lowest BCUT2D eigenvalue weighted by atomic mass is 10.2. The van der Waals surface area contributed by atoms with Crippen LogP contribution in [0.1, 0.15) is 19.4 Å². The van der Waals surface area contributed by atoms with E-state index in [0.717, 1.165) is 12.1 Å². The zero-order valence-electron chi connectivity index (χ0n) is 9.66. The third-order valence-corrected chi connectivity index (χ3v) is 3.81. The molecule has 0 amide bonds. The fraction of sp³-hybridized carbons (Fsp3) is 0.455. The maximum absolute atomic E-state index is 11.9. The molecule has 0 aliphatic carbocycles. The predicted octanol–water partition coefficient (Wildman–Crippen LogP) is 1.09. The highest BCUT2D eigenvalue weighted by molar-refractivity contribution is 7.89. The minimum absolute atomic E-state index is 0.359. The van der Waals surface area contributed by atoms with E-state index in [4.69, 9.17) is 0 Å². The molecule has 1 rings (SSSR count). The van der Waals surface area contributed by atoms with Crippen LogP contribution in [0.5, 0.6) is 0 Å². The second-order valence-electron chi connectivity index (χ2n) is 3.39. The van der Waals surface area contributed by atoms with Crippen LogP contribution in [-0.4, -0.2) is 21.5 Å². The lowest BCUT2D eigenvalue weighted by Gasteiger charge is -2.10. The third-order valence-electron chi connectivity index (χ3n) is 2.16. The molecule has 0 atom stereocenters. The average Bonchev–Trinajstić information content (AvgIpc) is 2.26. The summed E-state index contributed by atoms with van der Waals surface area (Å²) in [4.78, 5) is 0.359. The molecule has 1 aromatic carbocycles. The third kappa shape index (κ3) is 3.30. The molecule has 16 heavy (non-hydrogen) atoms. The Bertz CT molecular complexity index is 429. The van der Waals surface area contributed by atoms with Gasteiger partial charge in [-0.25, -0.2) is 13.1 Å². The van der Waals surface area contributed by atoms with E-state index in [0.29, 0.717) is 18.0 Å². The Kier molecular flexibility index (Phi) is 4.92. The van der Waals surface area contributed by atoms with E-state index in [9.17, 15) is 8.42 Å². The molecule has 0 saturated heterocycles. The van der Waals surface area contributed by atoms with Gasteiger partial charge in [-0.2, -0.15) is 0 Å². The molecule has 0 aromatic heterocycles. The van der Waals surface area contributed by atoms with E-state index in [1.807, 2.05) is 19.1 Å². The van der Waals surface area contributed by atoms with Gasteiger partial charge in [0.1, 0.15) is 0 Å². The number of rotatable bonds is 6. The Labute approximate surface area is 97.1 Å². The first-order valence-corrected chi connectivity index (χ1v) is 6.88. The van der Waals surface area contributed by atoms with Crippen LogP contribution < -0.4 is 10.0 Å². The monoisotopic (exact) mass is 242 g/mol. The summed E-state index contributed by atoms with van der Waals surface area (Å²) in [5, 5.41) is 3.13. The van der Waals surface area contributed by atoms with Crippen LogP contribution in [0.15, 0.2) is 29.2 Å². The van der Waals surface area contributed by atoms with Gasteiger partial charge in [0.25, 0.3) is 0 Å². The van der Waals surface area contributed by atoms with Gasteiger partial charge < -0.3 is 5.32 Å². The van der Waals surface area contributed by atoms with Crippen molar-refractivity contribution < 1.29 is 8.42 Å². The average molecular weight is 242 g/mol. The Morgan fingerprint density at radius 1 is 1.12 bits per heavy atom. The number of hydrogen-bond acceptors (Lipinski definition) is 3. The molecule has 0 bridgehead atoms. The van der Waals surface area contributed by atoms with Gasteiger partial charge in [-0.05, 0) is 18.2 Å². The summed E-state index contributed by atoms with van der Waals surface area (Å²) in [6.45, 7) is 5.54. The molecule has 0 radical (unpaired) electrons. The highest BCUT2D eigenvalue weighted by Crippen LogP contribution is 2.14. The molecule has 0 aliphatic heterocycles. The molecule has 5 heteroatoms. The van der Waals surface area contributed by atoms with Gasteiger partial charge in [0.2, 0.25) is 10.0 Å². The lowest BCUT2D eigenvalue weighted by molar-refractivity contribution is 0.581. The molecule has 0 fully saturated rings. The second kappa shape index (κ2) is 5.98. The summed E-state index contributed by atoms with van der Waals surface area (Å²) < 4.78 is 26.3. The van der Waals surface area contributed by atoms with E-state index in [2.05, 4.69) is 10.0 Å². The first kappa shape index (κ1) is 13.2. The first-order chi connectivity index (χ1) is 7.61. The van der Waals surface area contributed by atoms with Crippen molar-refractivity contribution >= 4 is 10.0 Å². The van der Waals surface area contributed by atoms with Crippen molar-refractivity contribution in [3.63, 3.8) is 0 Å². The SMILES string of the molecule is CCNCc1ccccc1S(=O)(=O)NCC. The summed E-state index contributed by atoms with van der Waals surface area (Å²) in [7, 11) is -3.36. The van der Waals surface area contributed by atoms with Crippen molar-refractivity contribution in [3.8, 4) is 0 Å². The molecule has 90 valence electrons. The Morgan fingerprint density at radius 2 is 1.81 bits per heavy atom. The fourth-order valence-electron chi connectivity index (χ4n) is 1.44. The van der Waals surface area contributed by atoms with E-state index >= 15 is 0 Å². The van der Waals surface area contributed by atoms with E-state index in [1.165, 1.54) is 0 Å². The summed E-state index contributed by atoms with van der Waals surface area (Å²) in [6, 6.07) is 7.04. The topological polar surface area (TPSA) is 58.2 Å². The Morgan fingerprint density at radius 3 is 2.44 bits per heavy atom. The van der Waals surface area contributed by atoms with Crippen LogP contribution in [0.25, 0.3) is 0 Å². The molecule has 2 N–H and O–H groups in total.